The molecule has 1 aromatic carbocycles. The largest absolute Gasteiger partial charge is 0.372 e. The number of morpholine rings is 1. The van der Waals surface area contributed by atoms with Gasteiger partial charge in [-0.2, -0.15) is 0 Å². The first-order chi connectivity index (χ1) is 13.0. The summed E-state index contributed by atoms with van der Waals surface area (Å²) >= 11 is 0. The highest BCUT2D eigenvalue weighted by Gasteiger charge is 2.27. The number of hydrogen-bond acceptors (Lipinski definition) is 5. The Morgan fingerprint density at radius 2 is 1.96 bits per heavy atom. The van der Waals surface area contributed by atoms with Crippen LogP contribution in [0.1, 0.15) is 36.2 Å². The molecule has 27 heavy (non-hydrogen) atoms. The Bertz CT molecular complexity index is 869. The molecule has 0 spiro atoms. The minimum atomic E-state index is 0.0114. The zero-order valence-corrected chi connectivity index (χ0v) is 16.4. The fraction of sp³-hybridized carbons (Fsp3) is 0.524. The summed E-state index contributed by atoms with van der Waals surface area (Å²) in [6.07, 6.45) is 1.01. The highest BCUT2D eigenvalue weighted by Crippen LogP contribution is 2.21. The lowest BCUT2D eigenvalue weighted by Gasteiger charge is -2.36. The number of hydrogen-bond donors (Lipinski definition) is 1. The Morgan fingerprint density at radius 3 is 2.70 bits per heavy atom. The maximum absolute atomic E-state index is 12.6. The van der Waals surface area contributed by atoms with Crippen LogP contribution in [0.3, 0.4) is 0 Å². The Labute approximate surface area is 160 Å². The van der Waals surface area contributed by atoms with Gasteiger partial charge >= 0.3 is 0 Å². The smallest absolute Gasteiger partial charge is 0.255 e. The summed E-state index contributed by atoms with van der Waals surface area (Å²) in [6.45, 7) is 10.3. The van der Waals surface area contributed by atoms with E-state index in [-0.39, 0.29) is 17.8 Å². The molecule has 144 valence electrons. The van der Waals surface area contributed by atoms with Crippen LogP contribution in [0.25, 0.3) is 0 Å². The van der Waals surface area contributed by atoms with Crippen LogP contribution in [0.4, 0.5) is 5.95 Å². The van der Waals surface area contributed by atoms with Crippen molar-refractivity contribution in [2.24, 2.45) is 0 Å². The van der Waals surface area contributed by atoms with E-state index in [0.717, 1.165) is 50.4 Å². The molecule has 6 heteroatoms. The minimum Gasteiger partial charge on any atom is -0.372 e. The van der Waals surface area contributed by atoms with Gasteiger partial charge in [-0.15, -0.1) is 0 Å². The van der Waals surface area contributed by atoms with Gasteiger partial charge in [0.1, 0.15) is 0 Å². The van der Waals surface area contributed by atoms with E-state index in [2.05, 4.69) is 59.8 Å². The van der Waals surface area contributed by atoms with Gasteiger partial charge in [0.2, 0.25) is 5.95 Å². The third-order valence-corrected chi connectivity index (χ3v) is 5.51. The Kier molecular flexibility index (Phi) is 5.02. The van der Waals surface area contributed by atoms with Crippen molar-refractivity contribution in [3.8, 4) is 0 Å². The number of benzene rings is 1. The molecule has 0 amide bonds. The van der Waals surface area contributed by atoms with Gasteiger partial charge in [-0.05, 0) is 38.3 Å². The molecule has 1 saturated heterocycles. The van der Waals surface area contributed by atoms with E-state index < -0.39 is 0 Å². The highest BCUT2D eigenvalue weighted by molar-refractivity contribution is 5.35. The van der Waals surface area contributed by atoms with Crippen molar-refractivity contribution in [3.05, 3.63) is 57.0 Å². The van der Waals surface area contributed by atoms with Gasteiger partial charge in [-0.3, -0.25) is 14.7 Å². The van der Waals surface area contributed by atoms with Crippen molar-refractivity contribution in [1.82, 2.24) is 14.9 Å². The summed E-state index contributed by atoms with van der Waals surface area (Å²) in [4.78, 5) is 25.0. The van der Waals surface area contributed by atoms with Crippen LogP contribution in [0.2, 0.25) is 0 Å². The molecule has 6 nitrogen and oxygen atoms in total. The van der Waals surface area contributed by atoms with Gasteiger partial charge in [-0.1, -0.05) is 24.3 Å². The van der Waals surface area contributed by atoms with Gasteiger partial charge in [0.15, 0.2) is 0 Å². The van der Waals surface area contributed by atoms with Crippen LogP contribution in [-0.2, 0) is 24.2 Å². The van der Waals surface area contributed by atoms with Crippen molar-refractivity contribution in [3.63, 3.8) is 0 Å². The number of nitrogens with zero attached hydrogens (tertiary/aromatic N) is 3. The van der Waals surface area contributed by atoms with Gasteiger partial charge in [-0.25, -0.2) is 4.98 Å². The standard InChI is InChI=1S/C21H28N4O2/c1-14-6-4-5-7-17(14)12-24-9-8-18-19(13-24)22-21(23-20(18)26)25-10-15(2)27-16(3)11-25/h4-7,15-16H,8-13H2,1-3H3,(H,22,23,26)/t15-,16+. The van der Waals surface area contributed by atoms with E-state index in [1.807, 2.05) is 0 Å². The quantitative estimate of drug-likeness (QED) is 0.900. The van der Waals surface area contributed by atoms with E-state index >= 15 is 0 Å². The molecule has 2 aliphatic heterocycles. The molecular formula is C21H28N4O2. The first-order valence-electron chi connectivity index (χ1n) is 9.79. The summed E-state index contributed by atoms with van der Waals surface area (Å²) < 4.78 is 5.81. The first-order valence-corrected chi connectivity index (χ1v) is 9.79. The van der Waals surface area contributed by atoms with Crippen LogP contribution >= 0.6 is 0 Å². The molecule has 0 aliphatic carbocycles. The van der Waals surface area contributed by atoms with Crippen molar-refractivity contribution < 1.29 is 4.74 Å². The number of rotatable bonds is 3. The Balaban J connectivity index is 1.56. The molecule has 1 aromatic heterocycles. The van der Waals surface area contributed by atoms with E-state index in [4.69, 9.17) is 9.72 Å². The second kappa shape index (κ2) is 7.44. The third kappa shape index (κ3) is 3.92. The van der Waals surface area contributed by atoms with Crippen molar-refractivity contribution in [2.45, 2.75) is 52.5 Å². The summed E-state index contributed by atoms with van der Waals surface area (Å²) in [5, 5.41) is 0. The molecule has 0 unspecified atom stereocenters. The van der Waals surface area contributed by atoms with Gasteiger partial charge in [0.05, 0.1) is 17.9 Å². The SMILES string of the molecule is Cc1ccccc1CN1CCc2c(nc(N3C[C@@H](C)O[C@@H](C)C3)[nH]c2=O)C1. The molecule has 2 atom stereocenters. The molecule has 0 radical (unpaired) electrons. The lowest BCUT2D eigenvalue weighted by atomic mass is 10.0. The molecule has 0 saturated carbocycles. The maximum Gasteiger partial charge on any atom is 0.255 e. The number of anilines is 1. The summed E-state index contributed by atoms with van der Waals surface area (Å²) in [7, 11) is 0. The summed E-state index contributed by atoms with van der Waals surface area (Å²) in [6, 6.07) is 8.48. The first kappa shape index (κ1) is 18.2. The average Bonchev–Trinajstić information content (AvgIpc) is 2.62. The number of ether oxygens (including phenoxy) is 1. The summed E-state index contributed by atoms with van der Waals surface area (Å²) in [5.74, 6) is 0.679. The molecule has 3 heterocycles. The zero-order chi connectivity index (χ0) is 19.0. The van der Waals surface area contributed by atoms with Gasteiger partial charge in [0, 0.05) is 38.3 Å². The number of H-pyrrole nitrogens is 1. The normalized spacial score (nSPS) is 23.3. The number of aryl methyl sites for hydroxylation is 1. The Morgan fingerprint density at radius 1 is 1.22 bits per heavy atom. The van der Waals surface area contributed by atoms with Crippen LogP contribution < -0.4 is 10.5 Å². The van der Waals surface area contributed by atoms with Crippen LogP contribution in [-0.4, -0.2) is 46.7 Å². The van der Waals surface area contributed by atoms with Gasteiger partial charge in [0.25, 0.3) is 5.56 Å². The second-order valence-electron chi connectivity index (χ2n) is 7.86. The van der Waals surface area contributed by atoms with E-state index in [1.165, 1.54) is 11.1 Å². The topological polar surface area (TPSA) is 61.5 Å². The Hall–Kier alpha value is -2.18. The van der Waals surface area contributed by atoms with Crippen LogP contribution in [0.5, 0.6) is 0 Å². The van der Waals surface area contributed by atoms with E-state index in [0.29, 0.717) is 5.95 Å². The van der Waals surface area contributed by atoms with Crippen molar-refractivity contribution in [1.29, 1.82) is 0 Å². The molecule has 2 aromatic rings. The molecule has 0 bridgehead atoms. The monoisotopic (exact) mass is 368 g/mol. The number of aromatic nitrogens is 2. The van der Waals surface area contributed by atoms with Crippen LogP contribution in [0.15, 0.2) is 29.1 Å². The predicted molar refractivity (Wildman–Crippen MR) is 106 cm³/mol. The van der Waals surface area contributed by atoms with Crippen molar-refractivity contribution in [2.75, 3.05) is 24.5 Å². The summed E-state index contributed by atoms with van der Waals surface area (Å²) in [5.41, 5.74) is 4.41. The van der Waals surface area contributed by atoms with Crippen molar-refractivity contribution >= 4 is 5.95 Å². The van der Waals surface area contributed by atoms with Crippen LogP contribution in [0, 0.1) is 6.92 Å². The zero-order valence-electron chi connectivity index (χ0n) is 16.4. The lowest BCUT2D eigenvalue weighted by Crippen LogP contribution is -2.47. The maximum atomic E-state index is 12.6. The van der Waals surface area contributed by atoms with E-state index in [9.17, 15) is 4.79 Å². The predicted octanol–water partition coefficient (Wildman–Crippen LogP) is 2.25. The lowest BCUT2D eigenvalue weighted by molar-refractivity contribution is -0.00576. The molecule has 1 fully saturated rings. The average molecular weight is 368 g/mol. The van der Waals surface area contributed by atoms with Gasteiger partial charge < -0.3 is 9.64 Å². The number of aromatic amines is 1. The second-order valence-corrected chi connectivity index (χ2v) is 7.86. The molecular weight excluding hydrogens is 340 g/mol. The fourth-order valence-corrected chi connectivity index (χ4v) is 4.14. The third-order valence-electron chi connectivity index (χ3n) is 5.51. The molecule has 1 N–H and O–H groups in total. The van der Waals surface area contributed by atoms with E-state index in [1.54, 1.807) is 0 Å². The fourth-order valence-electron chi connectivity index (χ4n) is 4.14. The minimum absolute atomic E-state index is 0.0114. The highest BCUT2D eigenvalue weighted by atomic mass is 16.5. The number of fused-ring (bicyclic) bond motifs is 1. The number of nitrogens with one attached hydrogen (secondary N) is 1. The molecule has 2 aliphatic rings. The molecule has 4 rings (SSSR count).